The van der Waals surface area contributed by atoms with E-state index in [1.165, 1.54) is 40.4 Å². The van der Waals surface area contributed by atoms with Crippen LogP contribution in [0.4, 0.5) is 4.39 Å². The molecule has 0 saturated carbocycles. The van der Waals surface area contributed by atoms with E-state index >= 15 is 0 Å². The third-order valence-corrected chi connectivity index (χ3v) is 8.40. The molecule has 4 aromatic rings. The van der Waals surface area contributed by atoms with Crippen molar-refractivity contribution in [3.05, 3.63) is 112 Å². The van der Waals surface area contributed by atoms with Gasteiger partial charge in [-0.3, -0.25) is 9.36 Å². The van der Waals surface area contributed by atoms with Crippen LogP contribution >= 0.6 is 34.3 Å². The molecule has 7 nitrogen and oxygen atoms in total. The number of hydrogen-bond acceptors (Lipinski definition) is 8. The molecule has 3 heterocycles. The Morgan fingerprint density at radius 3 is 2.73 bits per heavy atom. The van der Waals surface area contributed by atoms with Crippen LogP contribution in [0.1, 0.15) is 35.9 Å². The van der Waals surface area contributed by atoms with Gasteiger partial charge in [0.15, 0.2) is 16.3 Å². The minimum Gasteiger partial charge on any atom is -0.493 e. The van der Waals surface area contributed by atoms with Crippen LogP contribution in [-0.2, 0) is 16.1 Å². The highest BCUT2D eigenvalue weighted by atomic mass is 35.5. The number of thiophene rings is 1. The fourth-order valence-electron chi connectivity index (χ4n) is 4.39. The molecule has 206 valence electrons. The maximum atomic E-state index is 14.1. The number of thiazole rings is 1. The van der Waals surface area contributed by atoms with Crippen molar-refractivity contribution >= 4 is 46.3 Å². The van der Waals surface area contributed by atoms with Gasteiger partial charge in [0.1, 0.15) is 18.5 Å². The lowest BCUT2D eigenvalue weighted by atomic mass is 10.0. The number of nitrogens with zero attached hydrogens (tertiary/aromatic N) is 2. The summed E-state index contributed by atoms with van der Waals surface area (Å²) in [6, 6.07) is 12.8. The molecule has 11 heteroatoms. The number of fused-ring (bicyclic) bond motifs is 1. The van der Waals surface area contributed by atoms with Crippen molar-refractivity contribution in [3.8, 4) is 11.5 Å². The van der Waals surface area contributed by atoms with E-state index < -0.39 is 12.0 Å². The van der Waals surface area contributed by atoms with Gasteiger partial charge >= 0.3 is 5.97 Å². The Labute approximate surface area is 242 Å². The van der Waals surface area contributed by atoms with Crippen LogP contribution < -0.4 is 24.4 Å². The monoisotopic (exact) mass is 598 g/mol. The molecule has 0 amide bonds. The molecule has 1 atom stereocenters. The normalized spacial score (nSPS) is 15.0. The van der Waals surface area contributed by atoms with E-state index in [4.69, 9.17) is 25.8 Å². The topological polar surface area (TPSA) is 79.1 Å². The lowest BCUT2D eigenvalue weighted by Gasteiger charge is -2.23. The average molecular weight is 599 g/mol. The highest BCUT2D eigenvalue weighted by Crippen LogP contribution is 2.37. The van der Waals surface area contributed by atoms with Crippen molar-refractivity contribution in [1.29, 1.82) is 0 Å². The number of carbonyl (C=O) groups is 1. The Morgan fingerprint density at radius 1 is 1.23 bits per heavy atom. The number of esters is 1. The molecule has 0 aliphatic carbocycles. The second-order valence-corrected chi connectivity index (χ2v) is 11.1. The first kappa shape index (κ1) is 27.8. The van der Waals surface area contributed by atoms with Crippen molar-refractivity contribution in [2.24, 2.45) is 4.99 Å². The Balaban J connectivity index is 1.56. The molecule has 0 bridgehead atoms. The first-order chi connectivity index (χ1) is 19.3. The maximum absolute atomic E-state index is 14.1. The molecule has 40 heavy (non-hydrogen) atoms. The van der Waals surface area contributed by atoms with Gasteiger partial charge in [-0.1, -0.05) is 47.2 Å². The van der Waals surface area contributed by atoms with Crippen molar-refractivity contribution in [3.63, 3.8) is 0 Å². The highest BCUT2D eigenvalue weighted by Gasteiger charge is 2.33. The number of allylic oxidation sites excluding steroid dienone is 1. The van der Waals surface area contributed by atoms with Crippen molar-refractivity contribution in [1.82, 2.24) is 4.57 Å². The zero-order valence-corrected chi connectivity index (χ0v) is 24.2. The largest absolute Gasteiger partial charge is 0.493 e. The summed E-state index contributed by atoms with van der Waals surface area (Å²) in [5.74, 6) is -0.288. The van der Waals surface area contributed by atoms with Crippen LogP contribution in [0.2, 0.25) is 5.02 Å². The maximum Gasteiger partial charge on any atom is 0.338 e. The minimum atomic E-state index is -0.648. The molecular weight excluding hydrogens is 575 g/mol. The number of aromatic nitrogens is 1. The molecule has 2 aromatic heterocycles. The average Bonchev–Trinajstić information content (AvgIpc) is 3.56. The number of hydrogen-bond donors (Lipinski definition) is 0. The van der Waals surface area contributed by atoms with E-state index in [0.29, 0.717) is 37.5 Å². The van der Waals surface area contributed by atoms with Gasteiger partial charge in [0.05, 0.1) is 34.5 Å². The van der Waals surface area contributed by atoms with E-state index in [1.54, 1.807) is 50.3 Å². The van der Waals surface area contributed by atoms with Crippen molar-refractivity contribution < 1.29 is 23.4 Å². The Bertz CT molecular complexity index is 1790. The molecule has 0 fully saturated rings. The molecule has 1 aliphatic rings. The zero-order valence-electron chi connectivity index (χ0n) is 21.8. The van der Waals surface area contributed by atoms with Crippen molar-refractivity contribution in [2.75, 3.05) is 13.7 Å². The fraction of sp³-hybridized carbons (Fsp3) is 0.207. The predicted molar refractivity (Wildman–Crippen MR) is 153 cm³/mol. The molecule has 0 radical (unpaired) electrons. The van der Waals surface area contributed by atoms with Gasteiger partial charge in [-0.25, -0.2) is 14.2 Å². The van der Waals surface area contributed by atoms with Gasteiger partial charge < -0.3 is 14.2 Å². The number of benzene rings is 2. The lowest BCUT2D eigenvalue weighted by Crippen LogP contribution is -2.39. The Morgan fingerprint density at radius 2 is 2.02 bits per heavy atom. The third-order valence-electron chi connectivity index (χ3n) is 6.21. The molecule has 0 saturated heterocycles. The van der Waals surface area contributed by atoms with Gasteiger partial charge in [-0.15, -0.1) is 11.3 Å². The number of halogens is 2. The predicted octanol–water partition coefficient (Wildman–Crippen LogP) is 5.24. The molecule has 0 unspecified atom stereocenters. The van der Waals surface area contributed by atoms with Gasteiger partial charge in [0.25, 0.3) is 5.56 Å². The third kappa shape index (κ3) is 5.34. The summed E-state index contributed by atoms with van der Waals surface area (Å²) in [5.41, 5.74) is 1.52. The highest BCUT2D eigenvalue weighted by molar-refractivity contribution is 7.10. The van der Waals surface area contributed by atoms with Gasteiger partial charge in [-0.2, -0.15) is 0 Å². The second kappa shape index (κ2) is 11.8. The summed E-state index contributed by atoms with van der Waals surface area (Å²) in [4.78, 5) is 32.5. The van der Waals surface area contributed by atoms with E-state index in [9.17, 15) is 14.0 Å². The molecule has 0 spiro atoms. The zero-order chi connectivity index (χ0) is 28.4. The standard InChI is InChI=1S/C29H24ClFN2O5S2/c1-4-37-28(35)24-16(2)32-29-33(25(24)22-10-7-11-39-22)27(34)23(40-29)14-17-12-19(30)26(21(13-17)36-3)38-15-18-8-5-6-9-20(18)31/h5-14,25H,4,15H2,1-3H3/b23-14-/t25-/m1/s1. The quantitative estimate of drug-likeness (QED) is 0.259. The molecular formula is C29H24ClFN2O5S2. The SMILES string of the molecule is CCOC(=O)C1=C(C)N=c2s/c(=C\c3cc(Cl)c(OCc4ccccc4F)c(OC)c3)c(=O)n2[C@@H]1c1cccs1. The summed E-state index contributed by atoms with van der Waals surface area (Å²) in [7, 11) is 1.47. The minimum absolute atomic E-state index is 0.0361. The van der Waals surface area contributed by atoms with E-state index in [-0.39, 0.29) is 35.4 Å². The van der Waals surface area contributed by atoms with E-state index in [2.05, 4.69) is 4.99 Å². The van der Waals surface area contributed by atoms with E-state index in [0.717, 1.165) is 4.88 Å². The Hall–Kier alpha value is -3.73. The Kier molecular flexibility index (Phi) is 8.20. The number of carbonyl (C=O) groups excluding carboxylic acids is 1. The first-order valence-corrected chi connectivity index (χ1v) is 14.4. The molecule has 0 N–H and O–H groups in total. The van der Waals surface area contributed by atoms with Crippen LogP contribution in [-0.4, -0.2) is 24.3 Å². The van der Waals surface area contributed by atoms with Crippen molar-refractivity contribution in [2.45, 2.75) is 26.5 Å². The summed E-state index contributed by atoms with van der Waals surface area (Å²) in [5, 5.41) is 2.14. The number of rotatable bonds is 8. The second-order valence-electron chi connectivity index (χ2n) is 8.73. The smallest absolute Gasteiger partial charge is 0.338 e. The van der Waals surface area contributed by atoms with Gasteiger partial charge in [-0.05, 0) is 55.1 Å². The molecule has 2 aromatic carbocycles. The van der Waals surface area contributed by atoms with E-state index in [1.807, 2.05) is 17.5 Å². The van der Waals surface area contributed by atoms with Crippen LogP contribution in [0.5, 0.6) is 11.5 Å². The van der Waals surface area contributed by atoms with Crippen LogP contribution in [0.3, 0.4) is 0 Å². The van der Waals surface area contributed by atoms with Crippen LogP contribution in [0, 0.1) is 5.82 Å². The molecule has 1 aliphatic heterocycles. The van der Waals surface area contributed by atoms with Gasteiger partial charge in [0.2, 0.25) is 0 Å². The summed E-state index contributed by atoms with van der Waals surface area (Å²) < 4.78 is 32.6. The van der Waals surface area contributed by atoms with Crippen LogP contribution in [0.15, 0.2) is 75.0 Å². The van der Waals surface area contributed by atoms with Gasteiger partial charge in [0, 0.05) is 10.4 Å². The summed E-state index contributed by atoms with van der Waals surface area (Å²) in [6.07, 6.45) is 1.69. The molecule has 5 rings (SSSR count). The summed E-state index contributed by atoms with van der Waals surface area (Å²) in [6.45, 7) is 3.65. The first-order valence-electron chi connectivity index (χ1n) is 12.3. The fourth-order valence-corrected chi connectivity index (χ4v) is 6.53. The number of ether oxygens (including phenoxy) is 3. The van der Waals surface area contributed by atoms with Crippen LogP contribution in [0.25, 0.3) is 6.08 Å². The number of methoxy groups -OCH3 is 1. The summed E-state index contributed by atoms with van der Waals surface area (Å²) >= 11 is 9.21. The lowest BCUT2D eigenvalue weighted by molar-refractivity contribution is -0.139.